The van der Waals surface area contributed by atoms with Crippen LogP contribution in [0.5, 0.6) is 11.5 Å². The van der Waals surface area contributed by atoms with Crippen LogP contribution in [0, 0.1) is 0 Å². The number of nitrogens with one attached hydrogen (secondary N) is 1. The van der Waals surface area contributed by atoms with E-state index in [1.807, 2.05) is 0 Å². The summed E-state index contributed by atoms with van der Waals surface area (Å²) >= 11 is 15.2. The van der Waals surface area contributed by atoms with E-state index in [-0.39, 0.29) is 16.3 Å². The first-order chi connectivity index (χ1) is 14.9. The molecule has 3 aromatic rings. The summed E-state index contributed by atoms with van der Waals surface area (Å²) in [5, 5.41) is 4.57. The number of methoxy groups -OCH3 is 1. The fraction of sp³-hybridized carbons (Fsp3) is 0.0455. The first-order valence-corrected chi connectivity index (χ1v) is 10.4. The molecule has 0 saturated carbocycles. The van der Waals surface area contributed by atoms with Crippen molar-refractivity contribution in [2.24, 2.45) is 5.10 Å². The number of esters is 1. The topological polar surface area (TPSA) is 77.0 Å². The Bertz CT molecular complexity index is 1150. The Morgan fingerprint density at radius 2 is 1.77 bits per heavy atom. The second-order valence-electron chi connectivity index (χ2n) is 6.12. The number of hydrazone groups is 1. The molecule has 0 unspecified atom stereocenters. The van der Waals surface area contributed by atoms with Crippen LogP contribution in [0.3, 0.4) is 0 Å². The minimum absolute atomic E-state index is 0.205. The number of hydrogen-bond donors (Lipinski definition) is 1. The van der Waals surface area contributed by atoms with E-state index in [1.165, 1.54) is 18.3 Å². The Balaban J connectivity index is 1.74. The van der Waals surface area contributed by atoms with E-state index in [1.54, 1.807) is 55.6 Å². The third-order valence-electron chi connectivity index (χ3n) is 4.05. The van der Waals surface area contributed by atoms with Crippen LogP contribution in [0.4, 0.5) is 0 Å². The largest absolute Gasteiger partial charge is 0.497 e. The molecule has 0 spiro atoms. The maximum Gasteiger partial charge on any atom is 0.343 e. The number of benzene rings is 3. The van der Waals surface area contributed by atoms with Crippen molar-refractivity contribution >= 4 is 57.2 Å². The van der Waals surface area contributed by atoms with Crippen LogP contribution in [-0.4, -0.2) is 25.2 Å². The number of carbonyl (C=O) groups is 2. The molecule has 0 aliphatic rings. The molecule has 0 atom stereocenters. The molecule has 0 aliphatic heterocycles. The van der Waals surface area contributed by atoms with E-state index in [0.717, 1.165) is 4.47 Å². The Morgan fingerprint density at radius 1 is 1.03 bits per heavy atom. The van der Waals surface area contributed by atoms with Crippen molar-refractivity contribution in [3.63, 3.8) is 0 Å². The van der Waals surface area contributed by atoms with Crippen molar-refractivity contribution in [1.82, 2.24) is 5.43 Å². The molecular weight excluding hydrogens is 507 g/mol. The van der Waals surface area contributed by atoms with Gasteiger partial charge in [-0.25, -0.2) is 10.2 Å². The molecule has 9 heteroatoms. The van der Waals surface area contributed by atoms with Gasteiger partial charge in [-0.3, -0.25) is 4.79 Å². The molecule has 6 nitrogen and oxygen atoms in total. The summed E-state index contributed by atoms with van der Waals surface area (Å²) in [7, 11) is 1.54. The van der Waals surface area contributed by atoms with Crippen LogP contribution in [0.25, 0.3) is 0 Å². The molecule has 1 amide bonds. The monoisotopic (exact) mass is 520 g/mol. The molecule has 158 valence electrons. The van der Waals surface area contributed by atoms with Crippen molar-refractivity contribution < 1.29 is 19.1 Å². The minimum atomic E-state index is -0.545. The van der Waals surface area contributed by atoms with Crippen LogP contribution >= 0.6 is 39.1 Å². The molecular formula is C22H15BrCl2N2O4. The van der Waals surface area contributed by atoms with Gasteiger partial charge in [0.2, 0.25) is 0 Å². The van der Waals surface area contributed by atoms with Crippen LogP contribution in [0.1, 0.15) is 26.3 Å². The number of amides is 1. The van der Waals surface area contributed by atoms with Crippen LogP contribution in [0.15, 0.2) is 70.2 Å². The van der Waals surface area contributed by atoms with E-state index in [2.05, 4.69) is 26.5 Å². The normalized spacial score (nSPS) is 10.7. The predicted molar refractivity (Wildman–Crippen MR) is 124 cm³/mol. The van der Waals surface area contributed by atoms with Gasteiger partial charge in [0.25, 0.3) is 5.91 Å². The van der Waals surface area contributed by atoms with Crippen molar-refractivity contribution in [3.8, 4) is 11.5 Å². The number of halogens is 3. The SMILES string of the molecule is COc1ccc(C(=O)Oc2ccc(Br)cc2/C=N/NC(=O)c2ccc(Cl)cc2Cl)cc1. The standard InChI is InChI=1S/C22H15BrCl2N2O4/c1-30-17-6-2-13(3-7-17)22(29)31-20-9-4-15(23)10-14(20)12-26-27-21(28)18-8-5-16(24)11-19(18)25/h2-12H,1H3,(H,27,28)/b26-12+. The van der Waals surface area contributed by atoms with E-state index < -0.39 is 11.9 Å². The molecule has 1 N–H and O–H groups in total. The zero-order valence-corrected chi connectivity index (χ0v) is 19.2. The fourth-order valence-electron chi connectivity index (χ4n) is 2.49. The predicted octanol–water partition coefficient (Wildman–Crippen LogP) is 5.75. The maximum atomic E-state index is 12.5. The number of ether oxygens (including phenoxy) is 2. The highest BCUT2D eigenvalue weighted by molar-refractivity contribution is 9.10. The van der Waals surface area contributed by atoms with Crippen molar-refractivity contribution in [1.29, 1.82) is 0 Å². The smallest absolute Gasteiger partial charge is 0.343 e. The van der Waals surface area contributed by atoms with Crippen molar-refractivity contribution in [3.05, 3.63) is 91.9 Å². The first kappa shape index (κ1) is 22.8. The number of hydrogen-bond acceptors (Lipinski definition) is 5. The van der Waals surface area contributed by atoms with E-state index in [0.29, 0.717) is 21.9 Å². The van der Waals surface area contributed by atoms with Gasteiger partial charge in [-0.15, -0.1) is 0 Å². The van der Waals surface area contributed by atoms with Crippen molar-refractivity contribution in [2.75, 3.05) is 7.11 Å². The Kier molecular flexibility index (Phi) is 7.68. The van der Waals surface area contributed by atoms with Gasteiger partial charge in [0.15, 0.2) is 0 Å². The van der Waals surface area contributed by atoms with Gasteiger partial charge in [-0.1, -0.05) is 39.1 Å². The van der Waals surface area contributed by atoms with Gasteiger partial charge in [-0.2, -0.15) is 5.10 Å². The van der Waals surface area contributed by atoms with Crippen LogP contribution < -0.4 is 14.9 Å². The van der Waals surface area contributed by atoms with Gasteiger partial charge in [0, 0.05) is 15.1 Å². The molecule has 0 aliphatic carbocycles. The summed E-state index contributed by atoms with van der Waals surface area (Å²) in [6.07, 6.45) is 1.36. The molecule has 0 aromatic heterocycles. The van der Waals surface area contributed by atoms with E-state index in [4.69, 9.17) is 32.7 Å². The summed E-state index contributed by atoms with van der Waals surface area (Å²) in [6.45, 7) is 0. The quantitative estimate of drug-likeness (QED) is 0.194. The Labute approximate surface area is 196 Å². The van der Waals surface area contributed by atoms with Crippen molar-refractivity contribution in [2.45, 2.75) is 0 Å². The number of rotatable bonds is 6. The lowest BCUT2D eigenvalue weighted by Gasteiger charge is -2.09. The fourth-order valence-corrected chi connectivity index (χ4v) is 3.37. The summed E-state index contributed by atoms with van der Waals surface area (Å²) in [4.78, 5) is 24.7. The number of carbonyl (C=O) groups excluding carboxylic acids is 2. The summed E-state index contributed by atoms with van der Waals surface area (Å²) < 4.78 is 11.3. The highest BCUT2D eigenvalue weighted by Crippen LogP contribution is 2.24. The molecule has 0 bridgehead atoms. The second kappa shape index (κ2) is 10.4. The summed E-state index contributed by atoms with van der Waals surface area (Å²) in [5.41, 5.74) is 3.44. The second-order valence-corrected chi connectivity index (χ2v) is 7.88. The number of nitrogens with zero attached hydrogens (tertiary/aromatic N) is 1. The lowest BCUT2D eigenvalue weighted by atomic mass is 10.2. The lowest BCUT2D eigenvalue weighted by molar-refractivity contribution is 0.0734. The highest BCUT2D eigenvalue weighted by atomic mass is 79.9. The first-order valence-electron chi connectivity index (χ1n) is 8.81. The van der Waals surface area contributed by atoms with Gasteiger partial charge in [0.05, 0.1) is 29.5 Å². The zero-order chi connectivity index (χ0) is 22.4. The molecule has 3 rings (SSSR count). The third-order valence-corrected chi connectivity index (χ3v) is 5.09. The minimum Gasteiger partial charge on any atom is -0.497 e. The van der Waals surface area contributed by atoms with Gasteiger partial charge < -0.3 is 9.47 Å². The molecule has 31 heavy (non-hydrogen) atoms. The van der Waals surface area contributed by atoms with Gasteiger partial charge in [-0.05, 0) is 60.7 Å². The average molecular weight is 522 g/mol. The molecule has 0 heterocycles. The lowest BCUT2D eigenvalue weighted by Crippen LogP contribution is -2.18. The van der Waals surface area contributed by atoms with Crippen LogP contribution in [0.2, 0.25) is 10.0 Å². The van der Waals surface area contributed by atoms with Gasteiger partial charge >= 0.3 is 5.97 Å². The molecule has 0 fully saturated rings. The summed E-state index contributed by atoms with van der Waals surface area (Å²) in [6, 6.07) is 16.1. The Hall–Kier alpha value is -2.87. The average Bonchev–Trinajstić information content (AvgIpc) is 2.75. The Morgan fingerprint density at radius 3 is 2.45 bits per heavy atom. The zero-order valence-electron chi connectivity index (χ0n) is 16.1. The van der Waals surface area contributed by atoms with E-state index >= 15 is 0 Å². The highest BCUT2D eigenvalue weighted by Gasteiger charge is 2.13. The van der Waals surface area contributed by atoms with Gasteiger partial charge in [0.1, 0.15) is 11.5 Å². The maximum absolute atomic E-state index is 12.5. The van der Waals surface area contributed by atoms with E-state index in [9.17, 15) is 9.59 Å². The third kappa shape index (κ3) is 6.07. The molecule has 0 radical (unpaired) electrons. The van der Waals surface area contributed by atoms with Crippen LogP contribution in [-0.2, 0) is 0 Å². The molecule has 0 saturated heterocycles. The summed E-state index contributed by atoms with van der Waals surface area (Å²) in [5.74, 6) is -0.155. The molecule has 3 aromatic carbocycles.